The molecule has 1 N–H and O–H groups in total. The molecule has 0 amide bonds. The molecule has 3 heterocycles. The first-order chi connectivity index (χ1) is 18.9. The predicted octanol–water partition coefficient (Wildman–Crippen LogP) is 3.47. The van der Waals surface area contributed by atoms with E-state index in [-0.39, 0.29) is 41.1 Å². The van der Waals surface area contributed by atoms with E-state index in [9.17, 15) is 22.7 Å². The number of carboxylic acids is 1. The Hall–Kier alpha value is -4.10. The predicted molar refractivity (Wildman–Crippen MR) is 140 cm³/mol. The minimum Gasteiger partial charge on any atom is -0.485 e. The summed E-state index contributed by atoms with van der Waals surface area (Å²) in [5.74, 6) is -1.73. The smallest absolute Gasteiger partial charge is 0.339 e. The van der Waals surface area contributed by atoms with Crippen molar-refractivity contribution in [1.82, 2.24) is 29.1 Å². The van der Waals surface area contributed by atoms with Gasteiger partial charge >= 0.3 is 5.97 Å². The van der Waals surface area contributed by atoms with Crippen LogP contribution >= 0.6 is 0 Å². The molecule has 6 rings (SSSR count). The van der Waals surface area contributed by atoms with Crippen LogP contribution < -0.4 is 4.74 Å². The number of carboxylic acid groups (broad SMARTS) is 1. The van der Waals surface area contributed by atoms with Crippen LogP contribution in [0.1, 0.15) is 59.4 Å². The molecule has 2 atom stereocenters. The van der Waals surface area contributed by atoms with E-state index in [0.29, 0.717) is 23.4 Å². The molecule has 0 saturated heterocycles. The van der Waals surface area contributed by atoms with Crippen LogP contribution in [-0.2, 0) is 23.6 Å². The third-order valence-corrected chi connectivity index (χ3v) is 8.97. The summed E-state index contributed by atoms with van der Waals surface area (Å²) < 4.78 is 51.7. The first-order valence-corrected chi connectivity index (χ1v) is 14.1. The molecule has 0 spiro atoms. The highest BCUT2D eigenvalue weighted by Gasteiger charge is 2.46. The van der Waals surface area contributed by atoms with Crippen LogP contribution in [0, 0.1) is 5.82 Å². The number of benzene rings is 2. The number of sulfonamides is 1. The number of aryl methyl sites for hydroxylation is 1. The van der Waals surface area contributed by atoms with Gasteiger partial charge < -0.3 is 9.84 Å². The van der Waals surface area contributed by atoms with Gasteiger partial charge in [0, 0.05) is 31.6 Å². The van der Waals surface area contributed by atoms with Gasteiger partial charge in [-0.3, -0.25) is 4.68 Å². The van der Waals surface area contributed by atoms with Gasteiger partial charge in [-0.1, -0.05) is 17.3 Å². The van der Waals surface area contributed by atoms with Crippen LogP contribution in [0.5, 0.6) is 5.75 Å². The fraction of sp³-hybridized carbons (Fsp3) is 0.333. The summed E-state index contributed by atoms with van der Waals surface area (Å²) >= 11 is 0. The first kappa shape index (κ1) is 26.1. The van der Waals surface area contributed by atoms with Gasteiger partial charge in [0.1, 0.15) is 27.6 Å². The summed E-state index contributed by atoms with van der Waals surface area (Å²) in [6, 6.07) is 10.6. The number of halogens is 1. The minimum atomic E-state index is -4.09. The maximum Gasteiger partial charge on any atom is 0.339 e. The van der Waals surface area contributed by atoms with Crippen molar-refractivity contribution in [2.45, 2.75) is 49.1 Å². The topological polar surface area (TPSA) is 132 Å². The Labute approximate surface area is 229 Å². The molecule has 0 unspecified atom stereocenters. The van der Waals surface area contributed by atoms with E-state index in [2.05, 4.69) is 15.4 Å². The average molecular weight is 567 g/mol. The van der Waals surface area contributed by atoms with Gasteiger partial charge in [0.15, 0.2) is 0 Å². The van der Waals surface area contributed by atoms with Crippen LogP contribution in [0.2, 0.25) is 0 Å². The molecule has 2 aromatic carbocycles. The van der Waals surface area contributed by atoms with Gasteiger partial charge in [-0.15, -0.1) is 5.10 Å². The molecule has 208 valence electrons. The summed E-state index contributed by atoms with van der Waals surface area (Å²) in [4.78, 5) is 11.8. The number of hydrogen-bond acceptors (Lipinski definition) is 7. The second kappa shape index (κ2) is 9.24. The molecule has 13 heteroatoms. The number of ether oxygens (including phenoxy) is 1. The van der Waals surface area contributed by atoms with Crippen molar-refractivity contribution in [2.75, 3.05) is 6.54 Å². The summed E-state index contributed by atoms with van der Waals surface area (Å²) in [7, 11) is -2.31. The second-order valence-corrected chi connectivity index (χ2v) is 12.7. The zero-order valence-corrected chi connectivity index (χ0v) is 22.8. The van der Waals surface area contributed by atoms with E-state index in [1.165, 1.54) is 22.6 Å². The van der Waals surface area contributed by atoms with Crippen LogP contribution in [0.3, 0.4) is 0 Å². The van der Waals surface area contributed by atoms with Crippen LogP contribution in [0.4, 0.5) is 4.39 Å². The van der Waals surface area contributed by atoms with Crippen molar-refractivity contribution in [2.24, 2.45) is 7.05 Å². The highest BCUT2D eigenvalue weighted by Crippen LogP contribution is 2.55. The molecule has 0 radical (unpaired) electrons. The molecule has 0 bridgehead atoms. The summed E-state index contributed by atoms with van der Waals surface area (Å²) in [6.45, 7) is 3.58. The minimum absolute atomic E-state index is 0.00698. The quantitative estimate of drug-likeness (QED) is 0.375. The van der Waals surface area contributed by atoms with Gasteiger partial charge in [0.05, 0.1) is 29.8 Å². The Bertz CT molecular complexity index is 1750. The number of aromatic carboxylic acids is 1. The molecule has 2 aromatic heterocycles. The lowest BCUT2D eigenvalue weighted by molar-refractivity contribution is 0.0695. The molecule has 2 aliphatic rings. The molecular formula is C27H27FN6O5S. The first-order valence-electron chi connectivity index (χ1n) is 12.7. The number of fused-ring (bicyclic) bond motifs is 1. The Morgan fingerprint density at radius 1 is 1.20 bits per heavy atom. The highest BCUT2D eigenvalue weighted by atomic mass is 32.2. The molecular weight excluding hydrogens is 539 g/mol. The lowest BCUT2D eigenvalue weighted by atomic mass is 10.1. The van der Waals surface area contributed by atoms with E-state index in [1.807, 2.05) is 6.20 Å². The maximum absolute atomic E-state index is 14.1. The van der Waals surface area contributed by atoms with E-state index < -0.39 is 27.4 Å². The van der Waals surface area contributed by atoms with E-state index in [4.69, 9.17) is 4.74 Å². The van der Waals surface area contributed by atoms with E-state index in [0.717, 1.165) is 11.8 Å². The zero-order valence-electron chi connectivity index (χ0n) is 22.0. The third kappa shape index (κ3) is 4.64. The number of rotatable bonds is 6. The van der Waals surface area contributed by atoms with Gasteiger partial charge in [-0.05, 0) is 56.2 Å². The Kier molecular flexibility index (Phi) is 6.04. The largest absolute Gasteiger partial charge is 0.485 e. The van der Waals surface area contributed by atoms with Gasteiger partial charge in [0.25, 0.3) is 0 Å². The standard InChI is InChI=1S/C27H27FN6O5S/c1-27(2)15-33(40(37,38)24-10-17(28)7-8-23(24)39-27)13-16-5-4-6-18(9-16)34-25(21(12-29-34)26(35)36)20-11-19(20)22-14-32(3)31-30-22/h4-10,12,14,19-20H,11,13,15H2,1-3H3,(H,35,36)/t19-,20-/m1/s1. The van der Waals surface area contributed by atoms with Crippen LogP contribution in [0.25, 0.3) is 5.69 Å². The number of aromatic nitrogens is 5. The van der Waals surface area contributed by atoms with E-state index in [1.54, 1.807) is 54.5 Å². The van der Waals surface area contributed by atoms with Gasteiger partial charge in [-0.2, -0.15) is 9.40 Å². The average Bonchev–Trinajstić information content (AvgIpc) is 3.35. The fourth-order valence-corrected chi connectivity index (χ4v) is 7.03. The fourth-order valence-electron chi connectivity index (χ4n) is 5.32. The molecule has 11 nitrogen and oxygen atoms in total. The second-order valence-electron chi connectivity index (χ2n) is 10.8. The Morgan fingerprint density at radius 3 is 2.73 bits per heavy atom. The van der Waals surface area contributed by atoms with Crippen molar-refractivity contribution in [3.63, 3.8) is 0 Å². The van der Waals surface area contributed by atoms with Crippen molar-refractivity contribution in [1.29, 1.82) is 0 Å². The number of nitrogens with zero attached hydrogens (tertiary/aromatic N) is 6. The van der Waals surface area contributed by atoms with E-state index >= 15 is 0 Å². The summed E-state index contributed by atoms with van der Waals surface area (Å²) in [5, 5.41) is 22.4. The van der Waals surface area contributed by atoms with Crippen LogP contribution in [0.15, 0.2) is 59.8 Å². The lowest BCUT2D eigenvalue weighted by Crippen LogP contribution is -2.42. The lowest BCUT2D eigenvalue weighted by Gasteiger charge is -2.28. The highest BCUT2D eigenvalue weighted by molar-refractivity contribution is 7.89. The molecule has 1 saturated carbocycles. The van der Waals surface area contributed by atoms with Crippen molar-refractivity contribution >= 4 is 16.0 Å². The van der Waals surface area contributed by atoms with Crippen molar-refractivity contribution in [3.05, 3.63) is 83.2 Å². The SMILES string of the molecule is Cn1cc([C@@H]2C[C@H]2c2c(C(=O)O)cnn2-c2cccc(CN3CC(C)(C)Oc4ccc(F)cc4S3(=O)=O)c2)nn1. The molecule has 1 aliphatic heterocycles. The summed E-state index contributed by atoms with van der Waals surface area (Å²) in [5.41, 5.74) is 1.82. The third-order valence-electron chi connectivity index (χ3n) is 7.16. The Morgan fingerprint density at radius 2 is 2.00 bits per heavy atom. The molecule has 1 aliphatic carbocycles. The van der Waals surface area contributed by atoms with Crippen LogP contribution in [-0.4, -0.2) is 60.7 Å². The maximum atomic E-state index is 14.1. The normalized spacial score (nSPS) is 21.3. The molecule has 1 fully saturated rings. The van der Waals surface area contributed by atoms with Gasteiger partial charge in [0.2, 0.25) is 10.0 Å². The van der Waals surface area contributed by atoms with Crippen molar-refractivity contribution in [3.8, 4) is 11.4 Å². The molecule has 40 heavy (non-hydrogen) atoms. The zero-order chi connectivity index (χ0) is 28.4. The Balaban J connectivity index is 1.35. The summed E-state index contributed by atoms with van der Waals surface area (Å²) in [6.07, 6.45) is 3.87. The molecule has 4 aromatic rings. The monoisotopic (exact) mass is 566 g/mol. The number of carbonyl (C=O) groups is 1. The van der Waals surface area contributed by atoms with Crippen molar-refractivity contribution < 1.29 is 27.4 Å². The van der Waals surface area contributed by atoms with Gasteiger partial charge in [-0.25, -0.2) is 22.3 Å². The number of hydrogen-bond donors (Lipinski definition) is 1.